The fourth-order valence-corrected chi connectivity index (χ4v) is 3.34. The van der Waals surface area contributed by atoms with Crippen LogP contribution in [0.1, 0.15) is 39.6 Å². The van der Waals surface area contributed by atoms with E-state index in [-0.39, 0.29) is 30.2 Å². The second-order valence-corrected chi connectivity index (χ2v) is 6.62. The van der Waals surface area contributed by atoms with Crippen molar-refractivity contribution in [3.8, 4) is 0 Å². The zero-order chi connectivity index (χ0) is 14.4. The second-order valence-electron chi connectivity index (χ2n) is 5.21. The van der Waals surface area contributed by atoms with Crippen molar-refractivity contribution in [2.75, 3.05) is 0 Å². The fourth-order valence-electron chi connectivity index (χ4n) is 2.53. The molecule has 7 heteroatoms. The highest BCUT2D eigenvalue weighted by atomic mass is 32.1. The number of thiazole rings is 1. The summed E-state index contributed by atoms with van der Waals surface area (Å²) in [4.78, 5) is 42.6. The number of carbonyl (C=O) groups is 3. The number of aromatic nitrogens is 1. The summed E-state index contributed by atoms with van der Waals surface area (Å²) in [6.07, 6.45) is 1.82. The van der Waals surface area contributed by atoms with Crippen molar-refractivity contribution in [3.63, 3.8) is 0 Å². The predicted molar refractivity (Wildman–Crippen MR) is 72.3 cm³/mol. The van der Waals surface area contributed by atoms with Gasteiger partial charge in [-0.05, 0) is 26.7 Å². The number of nitrogens with zero attached hydrogens (tertiary/aromatic N) is 2. The van der Waals surface area contributed by atoms with Gasteiger partial charge in [-0.3, -0.25) is 19.7 Å². The van der Waals surface area contributed by atoms with E-state index in [1.165, 1.54) is 11.3 Å². The number of imide groups is 1. The molecule has 3 rings (SSSR count). The van der Waals surface area contributed by atoms with Crippen LogP contribution in [0.15, 0.2) is 0 Å². The molecule has 1 aromatic rings. The summed E-state index contributed by atoms with van der Waals surface area (Å²) in [5.41, 5.74) is 0.409. The Morgan fingerprint density at radius 2 is 2.05 bits per heavy atom. The Balaban J connectivity index is 1.91. The number of hydrogen-bond acceptors (Lipinski definition) is 5. The van der Waals surface area contributed by atoms with Crippen molar-refractivity contribution in [1.29, 1.82) is 0 Å². The van der Waals surface area contributed by atoms with Gasteiger partial charge in [0, 0.05) is 10.9 Å². The Hall–Kier alpha value is -1.76. The van der Waals surface area contributed by atoms with Crippen LogP contribution in [-0.2, 0) is 9.59 Å². The number of carbonyl (C=O) groups excluding carboxylic acids is 3. The summed E-state index contributed by atoms with van der Waals surface area (Å²) >= 11 is 1.46. The van der Waals surface area contributed by atoms with Crippen LogP contribution in [0.25, 0.3) is 0 Å². The van der Waals surface area contributed by atoms with Gasteiger partial charge in [0.1, 0.15) is 11.7 Å². The summed E-state index contributed by atoms with van der Waals surface area (Å²) in [5.74, 6) is -0.923. The lowest BCUT2D eigenvalue weighted by Crippen LogP contribution is -2.46. The molecule has 1 aliphatic carbocycles. The van der Waals surface area contributed by atoms with Crippen LogP contribution >= 0.6 is 11.3 Å². The number of aryl methyl sites for hydroxylation is 2. The Kier molecular flexibility index (Phi) is 3.08. The van der Waals surface area contributed by atoms with E-state index in [4.69, 9.17) is 0 Å². The van der Waals surface area contributed by atoms with Crippen molar-refractivity contribution in [1.82, 2.24) is 15.2 Å². The number of amides is 3. The van der Waals surface area contributed by atoms with Gasteiger partial charge in [-0.25, -0.2) is 4.98 Å². The maximum absolute atomic E-state index is 12.7. The van der Waals surface area contributed by atoms with Gasteiger partial charge in [-0.2, -0.15) is 0 Å². The third-order valence-electron chi connectivity index (χ3n) is 3.56. The Morgan fingerprint density at radius 3 is 2.50 bits per heavy atom. The Labute approximate surface area is 120 Å². The molecule has 1 aliphatic heterocycles. The predicted octanol–water partition coefficient (Wildman–Crippen LogP) is 0.780. The van der Waals surface area contributed by atoms with E-state index < -0.39 is 6.04 Å². The lowest BCUT2D eigenvalue weighted by atomic mass is 10.1. The average Bonchev–Trinajstić information content (AvgIpc) is 3.05. The molecule has 1 aromatic heterocycles. The maximum atomic E-state index is 12.7. The molecule has 0 bridgehead atoms. The average molecular weight is 293 g/mol. The number of hydrogen-bond donors (Lipinski definition) is 1. The van der Waals surface area contributed by atoms with Crippen molar-refractivity contribution < 1.29 is 14.4 Å². The van der Waals surface area contributed by atoms with Gasteiger partial charge in [-0.15, -0.1) is 11.3 Å². The highest BCUT2D eigenvalue weighted by Gasteiger charge is 2.45. The van der Waals surface area contributed by atoms with Crippen LogP contribution in [0.4, 0.5) is 0 Å². The standard InChI is InChI=1S/C13H15N3O3S/c1-6-11(14-7(2)20-6)13(19)16(8-3-4-8)9-5-10(17)15-12(9)18/h8-9H,3-5H2,1-2H3,(H,15,17,18)/t9-/m0/s1. The summed E-state index contributed by atoms with van der Waals surface area (Å²) in [6, 6.07) is -0.616. The Morgan fingerprint density at radius 1 is 1.35 bits per heavy atom. The van der Waals surface area contributed by atoms with Crippen molar-refractivity contribution >= 4 is 29.1 Å². The second kappa shape index (κ2) is 4.66. The van der Waals surface area contributed by atoms with E-state index in [1.54, 1.807) is 4.90 Å². The molecule has 6 nitrogen and oxygen atoms in total. The quantitative estimate of drug-likeness (QED) is 0.835. The van der Waals surface area contributed by atoms with Gasteiger partial charge in [0.15, 0.2) is 0 Å². The van der Waals surface area contributed by atoms with E-state index in [9.17, 15) is 14.4 Å². The van der Waals surface area contributed by atoms with E-state index in [0.717, 1.165) is 22.7 Å². The molecule has 3 amide bonds. The van der Waals surface area contributed by atoms with Crippen LogP contribution in [0, 0.1) is 13.8 Å². The van der Waals surface area contributed by atoms with Gasteiger partial charge < -0.3 is 4.90 Å². The SMILES string of the molecule is Cc1nc(C(=O)N(C2CC2)[C@H]2CC(=O)NC2=O)c(C)s1. The fraction of sp³-hybridized carbons (Fsp3) is 0.538. The number of rotatable bonds is 3. The molecular weight excluding hydrogens is 278 g/mol. The van der Waals surface area contributed by atoms with E-state index in [0.29, 0.717) is 5.69 Å². The molecule has 106 valence electrons. The normalized spacial score (nSPS) is 22.0. The molecule has 2 heterocycles. The van der Waals surface area contributed by atoms with Gasteiger partial charge in [-0.1, -0.05) is 0 Å². The van der Waals surface area contributed by atoms with Gasteiger partial charge >= 0.3 is 0 Å². The maximum Gasteiger partial charge on any atom is 0.274 e. The first-order valence-electron chi connectivity index (χ1n) is 6.57. The molecule has 1 saturated heterocycles. The molecule has 1 saturated carbocycles. The van der Waals surface area contributed by atoms with Crippen LogP contribution in [0.2, 0.25) is 0 Å². The molecule has 0 unspecified atom stereocenters. The summed E-state index contributed by atoms with van der Waals surface area (Å²) in [5, 5.41) is 3.09. The highest BCUT2D eigenvalue weighted by Crippen LogP contribution is 2.33. The highest BCUT2D eigenvalue weighted by molar-refractivity contribution is 7.11. The van der Waals surface area contributed by atoms with Crippen LogP contribution in [0.3, 0.4) is 0 Å². The summed E-state index contributed by atoms with van der Waals surface area (Å²) in [7, 11) is 0. The van der Waals surface area contributed by atoms with Gasteiger partial charge in [0.05, 0.1) is 11.4 Å². The van der Waals surface area contributed by atoms with Gasteiger partial charge in [0.2, 0.25) is 11.8 Å². The molecule has 0 aromatic carbocycles. The minimum Gasteiger partial charge on any atom is -0.322 e. The van der Waals surface area contributed by atoms with Crippen molar-refractivity contribution in [2.45, 2.75) is 45.2 Å². The largest absolute Gasteiger partial charge is 0.322 e. The third kappa shape index (κ3) is 2.22. The summed E-state index contributed by atoms with van der Waals surface area (Å²) in [6.45, 7) is 3.70. The smallest absolute Gasteiger partial charge is 0.274 e. The van der Waals surface area contributed by atoms with E-state index in [2.05, 4.69) is 10.3 Å². The molecule has 2 fully saturated rings. The van der Waals surface area contributed by atoms with E-state index in [1.807, 2.05) is 13.8 Å². The molecule has 1 N–H and O–H groups in total. The van der Waals surface area contributed by atoms with E-state index >= 15 is 0 Å². The minimum absolute atomic E-state index is 0.0588. The molecule has 1 atom stereocenters. The Bertz CT molecular complexity index is 606. The first kappa shape index (κ1) is 13.2. The number of nitrogens with one attached hydrogen (secondary N) is 1. The van der Waals surface area contributed by atoms with Crippen molar-refractivity contribution in [3.05, 3.63) is 15.6 Å². The zero-order valence-corrected chi connectivity index (χ0v) is 12.1. The van der Waals surface area contributed by atoms with Crippen LogP contribution in [-0.4, -0.2) is 39.7 Å². The van der Waals surface area contributed by atoms with Crippen LogP contribution < -0.4 is 5.32 Å². The zero-order valence-electron chi connectivity index (χ0n) is 11.3. The first-order valence-corrected chi connectivity index (χ1v) is 7.39. The monoisotopic (exact) mass is 293 g/mol. The molecule has 0 spiro atoms. The molecule has 2 aliphatic rings. The molecule has 0 radical (unpaired) electrons. The topological polar surface area (TPSA) is 79.4 Å². The third-order valence-corrected chi connectivity index (χ3v) is 4.45. The van der Waals surface area contributed by atoms with Gasteiger partial charge in [0.25, 0.3) is 5.91 Å². The summed E-state index contributed by atoms with van der Waals surface area (Å²) < 4.78 is 0. The van der Waals surface area contributed by atoms with Crippen molar-refractivity contribution in [2.24, 2.45) is 0 Å². The first-order chi connectivity index (χ1) is 9.47. The van der Waals surface area contributed by atoms with Crippen LogP contribution in [0.5, 0.6) is 0 Å². The molecular formula is C13H15N3O3S. The molecule has 20 heavy (non-hydrogen) atoms. The lowest BCUT2D eigenvalue weighted by molar-refractivity contribution is -0.126. The minimum atomic E-state index is -0.677. The lowest BCUT2D eigenvalue weighted by Gasteiger charge is -2.26.